The van der Waals surface area contributed by atoms with Gasteiger partial charge in [0.2, 0.25) is 0 Å². The summed E-state index contributed by atoms with van der Waals surface area (Å²) in [4.78, 5) is 0. The zero-order valence-corrected chi connectivity index (χ0v) is 12.5. The van der Waals surface area contributed by atoms with Crippen LogP contribution in [-0.2, 0) is 6.42 Å². The minimum Gasteiger partial charge on any atom is -0.493 e. The third-order valence-electron chi connectivity index (χ3n) is 4.03. The molecular formula is C17H17ClFNO. The predicted molar refractivity (Wildman–Crippen MR) is 82.6 cm³/mol. The second kappa shape index (κ2) is 6.04. The number of hydrogen-bond donors (Lipinski definition) is 1. The van der Waals surface area contributed by atoms with Gasteiger partial charge in [-0.25, -0.2) is 4.39 Å². The lowest BCUT2D eigenvalue weighted by atomic mass is 9.89. The summed E-state index contributed by atoms with van der Waals surface area (Å²) in [5.74, 6) is 0.867. The van der Waals surface area contributed by atoms with E-state index >= 15 is 0 Å². The van der Waals surface area contributed by atoms with E-state index in [9.17, 15) is 4.39 Å². The van der Waals surface area contributed by atoms with Crippen LogP contribution in [0.3, 0.4) is 0 Å². The molecule has 0 radical (unpaired) electrons. The highest BCUT2D eigenvalue weighted by Crippen LogP contribution is 2.36. The van der Waals surface area contributed by atoms with E-state index in [0.29, 0.717) is 6.61 Å². The second-order valence-electron chi connectivity index (χ2n) is 5.30. The Morgan fingerprint density at radius 2 is 2.14 bits per heavy atom. The molecule has 1 heterocycles. The first-order valence-corrected chi connectivity index (χ1v) is 7.39. The number of hydrogen-bond acceptors (Lipinski definition) is 2. The van der Waals surface area contributed by atoms with E-state index in [-0.39, 0.29) is 22.8 Å². The van der Waals surface area contributed by atoms with E-state index in [1.165, 1.54) is 11.6 Å². The molecule has 4 heteroatoms. The Hall–Kier alpha value is -1.58. The Morgan fingerprint density at radius 3 is 2.90 bits per heavy atom. The van der Waals surface area contributed by atoms with Crippen LogP contribution in [0.25, 0.3) is 0 Å². The Labute approximate surface area is 128 Å². The molecule has 0 spiro atoms. The molecule has 2 unspecified atom stereocenters. The van der Waals surface area contributed by atoms with Crippen LogP contribution in [0.5, 0.6) is 5.75 Å². The number of rotatable bonds is 4. The number of halogens is 2. The molecule has 0 saturated carbocycles. The fourth-order valence-corrected chi connectivity index (χ4v) is 3.09. The smallest absolute Gasteiger partial charge is 0.141 e. The number of benzene rings is 2. The lowest BCUT2D eigenvalue weighted by molar-refractivity contribution is 0.302. The van der Waals surface area contributed by atoms with Crippen LogP contribution in [0, 0.1) is 5.82 Å². The molecule has 3 rings (SSSR count). The van der Waals surface area contributed by atoms with Crippen molar-refractivity contribution in [3.05, 3.63) is 64.4 Å². The average Bonchev–Trinajstić information content (AvgIpc) is 2.92. The van der Waals surface area contributed by atoms with Crippen LogP contribution in [-0.4, -0.2) is 19.7 Å². The topological polar surface area (TPSA) is 21.3 Å². The summed E-state index contributed by atoms with van der Waals surface area (Å²) in [6, 6.07) is 13.2. The zero-order valence-electron chi connectivity index (χ0n) is 11.8. The SMILES string of the molecule is CNC(Cc1ccc(F)c(Cl)c1)C1COc2ccccc21. The molecular weight excluding hydrogens is 289 g/mol. The van der Waals surface area contributed by atoms with Crippen molar-refractivity contribution in [3.8, 4) is 5.75 Å². The number of likely N-dealkylation sites (N-methyl/N-ethyl adjacent to an activating group) is 1. The van der Waals surface area contributed by atoms with Crippen LogP contribution in [0.2, 0.25) is 5.02 Å². The molecule has 21 heavy (non-hydrogen) atoms. The van der Waals surface area contributed by atoms with Crippen LogP contribution in [0.1, 0.15) is 17.0 Å². The van der Waals surface area contributed by atoms with Gasteiger partial charge in [0, 0.05) is 17.5 Å². The normalized spacial score (nSPS) is 18.1. The summed E-state index contributed by atoms with van der Waals surface area (Å²) < 4.78 is 19.0. The molecule has 110 valence electrons. The van der Waals surface area contributed by atoms with Gasteiger partial charge in [-0.1, -0.05) is 35.9 Å². The van der Waals surface area contributed by atoms with Gasteiger partial charge in [-0.2, -0.15) is 0 Å². The van der Waals surface area contributed by atoms with Crippen molar-refractivity contribution < 1.29 is 9.13 Å². The van der Waals surface area contributed by atoms with Crippen molar-refractivity contribution in [2.45, 2.75) is 18.4 Å². The summed E-state index contributed by atoms with van der Waals surface area (Å²) in [5, 5.41) is 3.52. The average molecular weight is 306 g/mol. The summed E-state index contributed by atoms with van der Waals surface area (Å²) >= 11 is 5.86. The maximum atomic E-state index is 13.2. The van der Waals surface area contributed by atoms with Crippen molar-refractivity contribution >= 4 is 11.6 Å². The summed E-state index contributed by atoms with van der Waals surface area (Å²) in [7, 11) is 1.94. The largest absolute Gasteiger partial charge is 0.493 e. The predicted octanol–water partition coefficient (Wildman–Crippen LogP) is 3.79. The van der Waals surface area contributed by atoms with Crippen LogP contribution >= 0.6 is 11.6 Å². The second-order valence-corrected chi connectivity index (χ2v) is 5.71. The van der Waals surface area contributed by atoms with Crippen molar-refractivity contribution in [1.82, 2.24) is 5.32 Å². The number of fused-ring (bicyclic) bond motifs is 1. The standard InChI is InChI=1S/C17H17ClFNO/c1-20-16(9-11-6-7-15(19)14(18)8-11)13-10-21-17-5-3-2-4-12(13)17/h2-8,13,16,20H,9-10H2,1H3. The van der Waals surface area contributed by atoms with Crippen LogP contribution in [0.4, 0.5) is 4.39 Å². The molecule has 0 bridgehead atoms. The highest BCUT2D eigenvalue weighted by Gasteiger charge is 2.30. The molecule has 0 aliphatic carbocycles. The van der Waals surface area contributed by atoms with E-state index in [1.807, 2.05) is 25.2 Å². The molecule has 1 aliphatic heterocycles. The molecule has 2 nitrogen and oxygen atoms in total. The van der Waals surface area contributed by atoms with Crippen LogP contribution < -0.4 is 10.1 Å². The highest BCUT2D eigenvalue weighted by molar-refractivity contribution is 6.30. The van der Waals surface area contributed by atoms with Gasteiger partial charge in [-0.3, -0.25) is 0 Å². The van der Waals surface area contributed by atoms with Gasteiger partial charge < -0.3 is 10.1 Å². The van der Waals surface area contributed by atoms with Gasteiger partial charge in [-0.15, -0.1) is 0 Å². The van der Waals surface area contributed by atoms with E-state index in [4.69, 9.17) is 16.3 Å². The van der Waals surface area contributed by atoms with Crippen molar-refractivity contribution in [2.24, 2.45) is 0 Å². The van der Waals surface area contributed by atoms with Crippen LogP contribution in [0.15, 0.2) is 42.5 Å². The quantitative estimate of drug-likeness (QED) is 0.928. The third kappa shape index (κ3) is 2.89. The van der Waals surface area contributed by atoms with Gasteiger partial charge in [-0.05, 0) is 37.2 Å². The molecule has 0 saturated heterocycles. The Kier molecular flexibility index (Phi) is 4.13. The van der Waals surface area contributed by atoms with Gasteiger partial charge in [0.1, 0.15) is 11.6 Å². The van der Waals surface area contributed by atoms with Crippen molar-refractivity contribution in [3.63, 3.8) is 0 Å². The molecule has 2 aromatic rings. The molecule has 0 aromatic heterocycles. The van der Waals surface area contributed by atoms with E-state index < -0.39 is 0 Å². The van der Waals surface area contributed by atoms with Crippen molar-refractivity contribution in [1.29, 1.82) is 0 Å². The molecule has 2 aromatic carbocycles. The first-order valence-electron chi connectivity index (χ1n) is 7.02. The minimum atomic E-state index is -0.379. The van der Waals surface area contributed by atoms with E-state index in [2.05, 4.69) is 11.4 Å². The monoisotopic (exact) mass is 305 g/mol. The fourth-order valence-electron chi connectivity index (χ4n) is 2.89. The highest BCUT2D eigenvalue weighted by atomic mass is 35.5. The Balaban J connectivity index is 1.81. The third-order valence-corrected chi connectivity index (χ3v) is 4.32. The summed E-state index contributed by atoms with van der Waals surface area (Å²) in [5.41, 5.74) is 2.25. The van der Waals surface area contributed by atoms with Crippen molar-refractivity contribution in [2.75, 3.05) is 13.7 Å². The van der Waals surface area contributed by atoms with Gasteiger partial charge in [0.25, 0.3) is 0 Å². The number of nitrogens with one attached hydrogen (secondary N) is 1. The first-order chi connectivity index (χ1) is 10.2. The lowest BCUT2D eigenvalue weighted by Gasteiger charge is -2.22. The molecule has 0 fully saturated rings. The minimum absolute atomic E-state index is 0.172. The molecule has 2 atom stereocenters. The molecule has 1 N–H and O–H groups in total. The molecule has 1 aliphatic rings. The van der Waals surface area contributed by atoms with E-state index in [0.717, 1.165) is 17.7 Å². The number of ether oxygens (including phenoxy) is 1. The van der Waals surface area contributed by atoms with Gasteiger partial charge >= 0.3 is 0 Å². The Bertz CT molecular complexity index is 646. The van der Waals surface area contributed by atoms with E-state index in [1.54, 1.807) is 12.1 Å². The Morgan fingerprint density at radius 1 is 1.33 bits per heavy atom. The zero-order chi connectivity index (χ0) is 14.8. The fraction of sp³-hybridized carbons (Fsp3) is 0.294. The summed E-state index contributed by atoms with van der Waals surface area (Å²) in [6.07, 6.45) is 0.777. The first kappa shape index (κ1) is 14.4. The van der Waals surface area contributed by atoms with Gasteiger partial charge in [0.05, 0.1) is 11.6 Å². The lowest BCUT2D eigenvalue weighted by Crippen LogP contribution is -2.35. The van der Waals surface area contributed by atoms with Gasteiger partial charge in [0.15, 0.2) is 0 Å². The maximum absolute atomic E-state index is 13.2. The summed E-state index contributed by atoms with van der Waals surface area (Å²) in [6.45, 7) is 0.666. The molecule has 0 amide bonds. The maximum Gasteiger partial charge on any atom is 0.141 e. The number of para-hydroxylation sites is 1.